The molecule has 1 amide bonds. The van der Waals surface area contributed by atoms with Gasteiger partial charge in [-0.25, -0.2) is 18.8 Å². The lowest BCUT2D eigenvalue weighted by atomic mass is 9.84. The molecule has 1 aromatic heterocycles. The number of amides is 1. The molecule has 0 radical (unpaired) electrons. The minimum absolute atomic E-state index is 0.119. The van der Waals surface area contributed by atoms with Crippen LogP contribution in [0.15, 0.2) is 41.5 Å². The zero-order chi connectivity index (χ0) is 21.1. The van der Waals surface area contributed by atoms with E-state index in [0.29, 0.717) is 10.7 Å². The highest BCUT2D eigenvalue weighted by Gasteiger charge is 2.77. The van der Waals surface area contributed by atoms with Gasteiger partial charge < -0.3 is 11.1 Å². The molecule has 1 aliphatic carbocycles. The molecule has 1 aromatic carbocycles. The zero-order valence-corrected chi connectivity index (χ0v) is 18.0. The van der Waals surface area contributed by atoms with E-state index in [-0.39, 0.29) is 33.0 Å². The molecule has 3 heterocycles. The van der Waals surface area contributed by atoms with Crippen molar-refractivity contribution in [2.75, 3.05) is 23.5 Å². The van der Waals surface area contributed by atoms with Gasteiger partial charge in [-0.15, -0.1) is 0 Å². The summed E-state index contributed by atoms with van der Waals surface area (Å²) in [4.78, 5) is 20.9. The first kappa shape index (κ1) is 20.1. The first-order valence-electron chi connectivity index (χ1n) is 9.30. The van der Waals surface area contributed by atoms with Crippen LogP contribution < -0.4 is 11.1 Å². The van der Waals surface area contributed by atoms with Crippen molar-refractivity contribution in [2.24, 2.45) is 22.6 Å². The van der Waals surface area contributed by atoms with Crippen LogP contribution in [0.1, 0.15) is 16.1 Å². The fraction of sp³-hybridized carbons (Fsp3) is 0.350. The Kier molecular flexibility index (Phi) is 4.75. The number of pyridine rings is 1. The van der Waals surface area contributed by atoms with E-state index in [1.807, 2.05) is 11.8 Å². The van der Waals surface area contributed by atoms with Crippen molar-refractivity contribution in [1.82, 2.24) is 4.98 Å². The minimum atomic E-state index is -1.37. The van der Waals surface area contributed by atoms with Crippen LogP contribution in [0.25, 0.3) is 0 Å². The van der Waals surface area contributed by atoms with Crippen molar-refractivity contribution >= 4 is 51.9 Å². The summed E-state index contributed by atoms with van der Waals surface area (Å²) in [7, 11) is 0. The second-order valence-corrected chi connectivity index (χ2v) is 10.5. The summed E-state index contributed by atoms with van der Waals surface area (Å²) in [5.74, 6) is 0.826. The molecule has 3 N–H and O–H groups in total. The zero-order valence-electron chi connectivity index (χ0n) is 15.6. The van der Waals surface area contributed by atoms with E-state index in [0.717, 1.165) is 11.5 Å². The number of halogens is 3. The number of benzene rings is 1. The van der Waals surface area contributed by atoms with E-state index >= 15 is 0 Å². The number of rotatable bonds is 4. The number of nitrogens with one attached hydrogen (secondary N) is 1. The molecular weight excluding hydrogens is 450 g/mol. The summed E-state index contributed by atoms with van der Waals surface area (Å²) in [6, 6.07) is 7.16. The second-order valence-electron chi connectivity index (χ2n) is 7.67. The molecule has 5 nitrogen and oxygen atoms in total. The summed E-state index contributed by atoms with van der Waals surface area (Å²) in [6.45, 7) is -0.852. The molecule has 10 heteroatoms. The van der Waals surface area contributed by atoms with Gasteiger partial charge in [0.15, 0.2) is 5.17 Å². The number of hydrogen-bond donors (Lipinski definition) is 2. The maximum atomic E-state index is 15.0. The number of nitrogens with two attached hydrogens (primary N) is 1. The number of amidine groups is 1. The second kappa shape index (κ2) is 7.10. The summed E-state index contributed by atoms with van der Waals surface area (Å²) in [5.41, 5.74) is 5.32. The fourth-order valence-electron chi connectivity index (χ4n) is 4.71. The Hall–Kier alpha value is -1.84. The summed E-state index contributed by atoms with van der Waals surface area (Å²) in [6.07, 6.45) is 1.37. The molecule has 2 fully saturated rings. The van der Waals surface area contributed by atoms with Gasteiger partial charge in [-0.2, -0.15) is 11.8 Å². The number of carbonyl (C=O) groups is 1. The maximum absolute atomic E-state index is 15.0. The van der Waals surface area contributed by atoms with Gasteiger partial charge in [-0.1, -0.05) is 23.4 Å². The Balaban J connectivity index is 1.51. The van der Waals surface area contributed by atoms with Crippen molar-refractivity contribution in [3.63, 3.8) is 0 Å². The standard InChI is InChI=1S/C20H17ClF2N4OS2/c21-10-1-4-15(25-6-10)17(28)26-11-2-3-14(23)12(5-11)19(8-22)16-13-7-29-9-20(13,16)30-18(24)27-19/h1-6,13,16H,7-9H2,(H2,24,27)(H,26,28)/t13-,16-,19-,20+/m1/s1. The lowest BCUT2D eigenvalue weighted by Gasteiger charge is -2.35. The highest BCUT2D eigenvalue weighted by atomic mass is 35.5. The van der Waals surface area contributed by atoms with Crippen LogP contribution in [0.5, 0.6) is 0 Å². The van der Waals surface area contributed by atoms with Crippen molar-refractivity contribution in [2.45, 2.75) is 10.3 Å². The van der Waals surface area contributed by atoms with Gasteiger partial charge in [-0.3, -0.25) is 4.79 Å². The molecule has 4 atom stereocenters. The average Bonchev–Trinajstić information content (AvgIpc) is 3.18. The van der Waals surface area contributed by atoms with E-state index in [2.05, 4.69) is 15.3 Å². The van der Waals surface area contributed by atoms with Crippen molar-refractivity contribution in [3.05, 3.63) is 58.6 Å². The van der Waals surface area contributed by atoms with Gasteiger partial charge in [0, 0.05) is 33.9 Å². The van der Waals surface area contributed by atoms with Gasteiger partial charge in [0.1, 0.15) is 23.7 Å². The number of carbonyl (C=O) groups excluding carboxylic acids is 1. The quantitative estimate of drug-likeness (QED) is 0.709. The normalized spacial score (nSPS) is 31.5. The third-order valence-corrected chi connectivity index (χ3v) is 9.11. The molecule has 30 heavy (non-hydrogen) atoms. The van der Waals surface area contributed by atoms with Crippen molar-refractivity contribution in [3.8, 4) is 0 Å². The third-order valence-electron chi connectivity index (χ3n) is 6.05. The first-order valence-corrected chi connectivity index (χ1v) is 11.7. The first-order chi connectivity index (χ1) is 14.4. The number of aromatic nitrogens is 1. The van der Waals surface area contributed by atoms with Gasteiger partial charge >= 0.3 is 0 Å². The van der Waals surface area contributed by atoms with Gasteiger partial charge in [-0.05, 0) is 42.0 Å². The van der Waals surface area contributed by atoms with Crippen LogP contribution in [0, 0.1) is 17.7 Å². The van der Waals surface area contributed by atoms with E-state index in [1.165, 1.54) is 42.2 Å². The molecule has 0 bridgehead atoms. The monoisotopic (exact) mass is 466 g/mol. The summed E-state index contributed by atoms with van der Waals surface area (Å²) in [5, 5.41) is 3.39. The fourth-order valence-corrected chi connectivity index (χ4v) is 8.38. The predicted molar refractivity (Wildman–Crippen MR) is 118 cm³/mol. The Morgan fingerprint density at radius 1 is 1.37 bits per heavy atom. The van der Waals surface area contributed by atoms with Crippen molar-refractivity contribution in [1.29, 1.82) is 0 Å². The SMILES string of the molecule is NC1=N[C@](CF)(c2cc(NC(=O)c3ccc(Cl)cn3)ccc2F)[C@H]2[C@H]3CSC[C@]32S1. The number of anilines is 1. The van der Waals surface area contributed by atoms with Crippen LogP contribution in [-0.2, 0) is 5.54 Å². The number of hydrogen-bond acceptors (Lipinski definition) is 6. The van der Waals surface area contributed by atoms with Gasteiger partial charge in [0.05, 0.1) is 5.02 Å². The summed E-state index contributed by atoms with van der Waals surface area (Å²) >= 11 is 9.11. The molecule has 2 aliphatic heterocycles. The lowest BCUT2D eigenvalue weighted by molar-refractivity contribution is 0.102. The maximum Gasteiger partial charge on any atom is 0.274 e. The summed E-state index contributed by atoms with van der Waals surface area (Å²) < 4.78 is 29.4. The topological polar surface area (TPSA) is 80.4 Å². The largest absolute Gasteiger partial charge is 0.378 e. The Morgan fingerprint density at radius 2 is 2.20 bits per heavy atom. The van der Waals surface area contributed by atoms with E-state index in [1.54, 1.807) is 6.07 Å². The Morgan fingerprint density at radius 3 is 2.93 bits per heavy atom. The van der Waals surface area contributed by atoms with Gasteiger partial charge in [0.2, 0.25) is 0 Å². The third kappa shape index (κ3) is 2.93. The molecule has 1 saturated heterocycles. The molecule has 3 aliphatic rings. The van der Waals surface area contributed by atoms with E-state index < -0.39 is 23.9 Å². The Bertz CT molecular complexity index is 1070. The number of nitrogens with zero attached hydrogens (tertiary/aromatic N) is 2. The van der Waals surface area contributed by atoms with Crippen LogP contribution in [0.2, 0.25) is 5.02 Å². The highest BCUT2D eigenvalue weighted by Crippen LogP contribution is 2.74. The number of aliphatic imine (C=N–C) groups is 1. The average molecular weight is 467 g/mol. The number of thioether (sulfide) groups is 2. The minimum Gasteiger partial charge on any atom is -0.378 e. The molecular formula is C20H17ClF2N4OS2. The van der Waals surface area contributed by atoms with Crippen LogP contribution in [-0.4, -0.2) is 39.0 Å². The molecule has 0 unspecified atom stereocenters. The van der Waals surface area contributed by atoms with Gasteiger partial charge in [0.25, 0.3) is 5.91 Å². The van der Waals surface area contributed by atoms with Crippen LogP contribution in [0.4, 0.5) is 14.5 Å². The molecule has 5 rings (SSSR count). The molecule has 2 aromatic rings. The van der Waals surface area contributed by atoms with E-state index in [9.17, 15) is 13.6 Å². The number of fused-ring (bicyclic) bond motifs is 1. The van der Waals surface area contributed by atoms with Crippen LogP contribution >= 0.6 is 35.1 Å². The molecule has 1 spiro atoms. The Labute approximate surface area is 185 Å². The van der Waals surface area contributed by atoms with Crippen LogP contribution in [0.3, 0.4) is 0 Å². The molecule has 156 valence electrons. The molecule has 1 saturated carbocycles. The smallest absolute Gasteiger partial charge is 0.274 e. The van der Waals surface area contributed by atoms with Crippen molar-refractivity contribution < 1.29 is 13.6 Å². The highest BCUT2D eigenvalue weighted by molar-refractivity contribution is 8.16. The predicted octanol–water partition coefficient (Wildman–Crippen LogP) is 4.08. The lowest BCUT2D eigenvalue weighted by Crippen LogP contribution is -2.41. The number of alkyl halides is 1. The van der Waals surface area contributed by atoms with E-state index in [4.69, 9.17) is 17.3 Å².